The van der Waals surface area contributed by atoms with Crippen molar-refractivity contribution in [3.63, 3.8) is 0 Å². The van der Waals surface area contributed by atoms with Crippen molar-refractivity contribution < 1.29 is 13.2 Å². The number of aryl methyl sites for hydroxylation is 1. The second-order valence-corrected chi connectivity index (χ2v) is 9.95. The van der Waals surface area contributed by atoms with E-state index in [1.165, 1.54) is 27.8 Å². The predicted octanol–water partition coefficient (Wildman–Crippen LogP) is 3.64. The molecule has 0 N–H and O–H groups in total. The number of fused-ring (bicyclic) bond motifs is 1. The second kappa shape index (κ2) is 8.22. The molecule has 2 aromatic carbocycles. The minimum atomic E-state index is -3.50. The second-order valence-electron chi connectivity index (χ2n) is 7.00. The Morgan fingerprint density at radius 1 is 1.03 bits per heavy atom. The Labute approximate surface area is 174 Å². The SMILES string of the molecule is CCn1c(=NC(=O)c2ccc(S(=O)(=O)N3CCCCC3)cc2)sc2ccccc21. The number of carbonyl (C=O) groups excluding carboxylic acids is 1. The van der Waals surface area contributed by atoms with Crippen LogP contribution in [0.4, 0.5) is 0 Å². The van der Waals surface area contributed by atoms with Crippen LogP contribution in [-0.2, 0) is 16.6 Å². The first kappa shape index (κ1) is 20.0. The van der Waals surface area contributed by atoms with Gasteiger partial charge in [0, 0.05) is 25.2 Å². The van der Waals surface area contributed by atoms with E-state index in [0.717, 1.165) is 29.5 Å². The summed E-state index contributed by atoms with van der Waals surface area (Å²) in [5.41, 5.74) is 1.43. The molecule has 0 radical (unpaired) electrons. The first-order chi connectivity index (χ1) is 14.0. The number of aromatic nitrogens is 1. The van der Waals surface area contributed by atoms with E-state index < -0.39 is 10.0 Å². The van der Waals surface area contributed by atoms with Gasteiger partial charge in [-0.1, -0.05) is 29.9 Å². The Kier molecular flexibility index (Phi) is 5.67. The van der Waals surface area contributed by atoms with Crippen molar-refractivity contribution in [3.05, 3.63) is 58.9 Å². The van der Waals surface area contributed by atoms with E-state index in [1.807, 2.05) is 35.8 Å². The van der Waals surface area contributed by atoms with Crippen LogP contribution in [0.1, 0.15) is 36.5 Å². The average molecular weight is 430 g/mol. The van der Waals surface area contributed by atoms with Crippen molar-refractivity contribution in [3.8, 4) is 0 Å². The van der Waals surface area contributed by atoms with E-state index in [9.17, 15) is 13.2 Å². The molecule has 4 rings (SSSR count). The normalized spacial score (nSPS) is 16.4. The van der Waals surface area contributed by atoms with Crippen LogP contribution in [-0.4, -0.2) is 36.3 Å². The Morgan fingerprint density at radius 2 is 1.72 bits per heavy atom. The number of benzene rings is 2. The van der Waals surface area contributed by atoms with E-state index in [2.05, 4.69) is 4.99 Å². The zero-order valence-electron chi connectivity index (χ0n) is 16.2. The number of piperidine rings is 1. The highest BCUT2D eigenvalue weighted by molar-refractivity contribution is 7.89. The molecule has 152 valence electrons. The minimum Gasteiger partial charge on any atom is -0.317 e. The maximum Gasteiger partial charge on any atom is 0.279 e. The fourth-order valence-corrected chi connectivity index (χ4v) is 6.20. The van der Waals surface area contributed by atoms with Gasteiger partial charge in [0.2, 0.25) is 10.0 Å². The lowest BCUT2D eigenvalue weighted by Crippen LogP contribution is -2.35. The molecular formula is C21H23N3O3S2. The third-order valence-electron chi connectivity index (χ3n) is 5.16. The summed E-state index contributed by atoms with van der Waals surface area (Å²) in [6.45, 7) is 3.84. The van der Waals surface area contributed by atoms with Crippen LogP contribution in [0.5, 0.6) is 0 Å². The Morgan fingerprint density at radius 3 is 2.41 bits per heavy atom. The molecule has 1 amide bonds. The molecule has 0 unspecified atom stereocenters. The monoisotopic (exact) mass is 429 g/mol. The molecule has 0 aliphatic carbocycles. The number of thiazole rings is 1. The van der Waals surface area contributed by atoms with Crippen molar-refractivity contribution >= 4 is 37.5 Å². The number of sulfonamides is 1. The molecule has 1 fully saturated rings. The van der Waals surface area contributed by atoms with Gasteiger partial charge < -0.3 is 4.57 Å². The van der Waals surface area contributed by atoms with Crippen LogP contribution >= 0.6 is 11.3 Å². The van der Waals surface area contributed by atoms with Crippen molar-refractivity contribution in [2.24, 2.45) is 4.99 Å². The van der Waals surface area contributed by atoms with Crippen molar-refractivity contribution in [2.45, 2.75) is 37.6 Å². The zero-order chi connectivity index (χ0) is 20.4. The van der Waals surface area contributed by atoms with Gasteiger partial charge in [-0.3, -0.25) is 4.79 Å². The summed E-state index contributed by atoms with van der Waals surface area (Å²) in [5, 5.41) is 0. The van der Waals surface area contributed by atoms with Crippen molar-refractivity contribution in [2.75, 3.05) is 13.1 Å². The van der Waals surface area contributed by atoms with Crippen LogP contribution in [0.2, 0.25) is 0 Å². The van der Waals surface area contributed by atoms with Crippen LogP contribution < -0.4 is 4.80 Å². The number of para-hydroxylation sites is 1. The standard InChI is InChI=1S/C21H23N3O3S2/c1-2-24-18-8-4-5-9-19(18)28-21(24)22-20(25)16-10-12-17(13-11-16)29(26,27)23-14-6-3-7-15-23/h4-5,8-13H,2-3,6-7,14-15H2,1H3. The van der Waals surface area contributed by atoms with E-state index in [1.54, 1.807) is 12.1 Å². The van der Waals surface area contributed by atoms with Gasteiger partial charge in [0.05, 0.1) is 15.1 Å². The highest BCUT2D eigenvalue weighted by Gasteiger charge is 2.25. The van der Waals surface area contributed by atoms with Gasteiger partial charge in [-0.05, 0) is 56.2 Å². The first-order valence-corrected chi connectivity index (χ1v) is 12.0. The van der Waals surface area contributed by atoms with E-state index >= 15 is 0 Å². The highest BCUT2D eigenvalue weighted by atomic mass is 32.2. The molecule has 29 heavy (non-hydrogen) atoms. The summed E-state index contributed by atoms with van der Waals surface area (Å²) in [7, 11) is -3.50. The summed E-state index contributed by atoms with van der Waals surface area (Å²) in [5.74, 6) is -0.374. The molecule has 1 aliphatic rings. The lowest BCUT2D eigenvalue weighted by atomic mass is 10.2. The minimum absolute atomic E-state index is 0.224. The third-order valence-corrected chi connectivity index (χ3v) is 8.13. The number of carbonyl (C=O) groups is 1. The summed E-state index contributed by atoms with van der Waals surface area (Å²) in [4.78, 5) is 17.9. The number of nitrogens with zero attached hydrogens (tertiary/aromatic N) is 3. The molecule has 1 aliphatic heterocycles. The fraction of sp³-hybridized carbons (Fsp3) is 0.333. The number of rotatable bonds is 4. The fourth-order valence-electron chi connectivity index (χ4n) is 3.59. The van der Waals surface area contributed by atoms with Crippen LogP contribution in [0.25, 0.3) is 10.2 Å². The van der Waals surface area contributed by atoms with Gasteiger partial charge in [0.15, 0.2) is 4.80 Å². The third kappa shape index (κ3) is 3.92. The molecule has 0 atom stereocenters. The van der Waals surface area contributed by atoms with Crippen molar-refractivity contribution in [1.82, 2.24) is 8.87 Å². The van der Waals surface area contributed by atoms with Gasteiger partial charge >= 0.3 is 0 Å². The molecular weight excluding hydrogens is 406 g/mol. The van der Waals surface area contributed by atoms with Gasteiger partial charge in [0.1, 0.15) is 0 Å². The molecule has 0 saturated carbocycles. The zero-order valence-corrected chi connectivity index (χ0v) is 17.9. The Bertz CT molecular complexity index is 1200. The van der Waals surface area contributed by atoms with Gasteiger partial charge in [-0.2, -0.15) is 9.30 Å². The molecule has 1 saturated heterocycles. The smallest absolute Gasteiger partial charge is 0.279 e. The topological polar surface area (TPSA) is 71.7 Å². The quantitative estimate of drug-likeness (QED) is 0.636. The lowest BCUT2D eigenvalue weighted by Gasteiger charge is -2.25. The number of amides is 1. The Hall–Kier alpha value is -2.29. The van der Waals surface area contributed by atoms with E-state index in [-0.39, 0.29) is 10.8 Å². The number of hydrogen-bond acceptors (Lipinski definition) is 4. The molecule has 3 aromatic rings. The molecule has 6 nitrogen and oxygen atoms in total. The Balaban J connectivity index is 1.63. The largest absolute Gasteiger partial charge is 0.317 e. The predicted molar refractivity (Wildman–Crippen MR) is 114 cm³/mol. The summed E-state index contributed by atoms with van der Waals surface area (Å²) in [6, 6.07) is 14.1. The molecule has 8 heteroatoms. The van der Waals surface area contributed by atoms with Gasteiger partial charge in [-0.25, -0.2) is 8.42 Å². The average Bonchev–Trinajstić information content (AvgIpc) is 3.11. The maximum absolute atomic E-state index is 12.8. The van der Waals surface area contributed by atoms with E-state index in [0.29, 0.717) is 30.0 Å². The molecule has 0 spiro atoms. The molecule has 1 aromatic heterocycles. The molecule has 2 heterocycles. The van der Waals surface area contributed by atoms with E-state index in [4.69, 9.17) is 0 Å². The maximum atomic E-state index is 12.8. The first-order valence-electron chi connectivity index (χ1n) is 9.78. The van der Waals surface area contributed by atoms with Crippen LogP contribution in [0, 0.1) is 0 Å². The van der Waals surface area contributed by atoms with Crippen LogP contribution in [0.15, 0.2) is 58.4 Å². The summed E-state index contributed by atoms with van der Waals surface area (Å²) in [6.07, 6.45) is 2.85. The number of hydrogen-bond donors (Lipinski definition) is 0. The summed E-state index contributed by atoms with van der Waals surface area (Å²) < 4.78 is 30.1. The van der Waals surface area contributed by atoms with Gasteiger partial charge in [-0.15, -0.1) is 0 Å². The lowest BCUT2D eigenvalue weighted by molar-refractivity contribution is 0.0997. The van der Waals surface area contributed by atoms with Crippen LogP contribution in [0.3, 0.4) is 0 Å². The van der Waals surface area contributed by atoms with Crippen molar-refractivity contribution in [1.29, 1.82) is 0 Å². The molecule has 0 bridgehead atoms. The van der Waals surface area contributed by atoms with Gasteiger partial charge in [0.25, 0.3) is 5.91 Å². The highest BCUT2D eigenvalue weighted by Crippen LogP contribution is 2.21. The summed E-state index contributed by atoms with van der Waals surface area (Å²) >= 11 is 1.47.